The van der Waals surface area contributed by atoms with Crippen LogP contribution in [0.15, 0.2) is 12.1 Å². The van der Waals surface area contributed by atoms with E-state index in [0.29, 0.717) is 12.5 Å². The van der Waals surface area contributed by atoms with Crippen LogP contribution in [0.25, 0.3) is 0 Å². The number of benzene rings is 1. The highest BCUT2D eigenvalue weighted by Crippen LogP contribution is 2.36. The zero-order valence-electron chi connectivity index (χ0n) is 19.6. The molecule has 0 N–H and O–H groups in total. The second kappa shape index (κ2) is 10.2. The fourth-order valence-corrected chi connectivity index (χ4v) is 5.66. The average Bonchev–Trinajstić information content (AvgIpc) is 2.80. The van der Waals surface area contributed by atoms with Crippen molar-refractivity contribution in [3.05, 3.63) is 23.3 Å². The van der Waals surface area contributed by atoms with E-state index in [0.717, 1.165) is 69.1 Å². The van der Waals surface area contributed by atoms with Crippen molar-refractivity contribution in [1.82, 2.24) is 14.7 Å². The highest BCUT2D eigenvalue weighted by molar-refractivity contribution is 5.78. The SMILES string of the molecule is COc1cc(C)c(CN2CCN(CC(=O)N3CC[C@H]4CCCC[C@H]4C3)CC2)cc1OC. The van der Waals surface area contributed by atoms with Crippen LogP contribution in [0.2, 0.25) is 0 Å². The maximum absolute atomic E-state index is 12.9. The van der Waals surface area contributed by atoms with E-state index in [1.165, 1.54) is 43.2 Å². The second-order valence-electron chi connectivity index (χ2n) is 9.62. The Kier molecular flexibility index (Phi) is 7.39. The Morgan fingerprint density at radius 3 is 2.26 bits per heavy atom. The summed E-state index contributed by atoms with van der Waals surface area (Å²) in [5, 5.41) is 0. The van der Waals surface area contributed by atoms with E-state index in [2.05, 4.69) is 33.8 Å². The molecule has 4 rings (SSSR count). The van der Waals surface area contributed by atoms with Crippen LogP contribution >= 0.6 is 0 Å². The monoisotopic (exact) mass is 429 g/mol. The fourth-order valence-electron chi connectivity index (χ4n) is 5.66. The number of piperazine rings is 1. The fraction of sp³-hybridized carbons (Fsp3) is 0.720. The van der Waals surface area contributed by atoms with Crippen LogP contribution in [0, 0.1) is 18.8 Å². The Hall–Kier alpha value is -1.79. The van der Waals surface area contributed by atoms with Gasteiger partial charge in [0.15, 0.2) is 11.5 Å². The molecule has 1 aliphatic carbocycles. The van der Waals surface area contributed by atoms with E-state index in [4.69, 9.17) is 9.47 Å². The highest BCUT2D eigenvalue weighted by Gasteiger charge is 2.33. The van der Waals surface area contributed by atoms with Gasteiger partial charge in [0.05, 0.1) is 20.8 Å². The molecule has 0 aromatic heterocycles. The lowest BCUT2D eigenvalue weighted by atomic mass is 9.75. The van der Waals surface area contributed by atoms with Gasteiger partial charge in [-0.2, -0.15) is 0 Å². The van der Waals surface area contributed by atoms with Gasteiger partial charge in [-0.25, -0.2) is 0 Å². The standard InChI is InChI=1S/C25H39N3O3/c1-19-14-23(30-2)24(31-3)15-22(19)16-26-10-12-27(13-11-26)18-25(29)28-9-8-20-6-4-5-7-21(20)17-28/h14-15,20-21H,4-13,16-18H2,1-3H3/t20-,21+/m1/s1. The number of nitrogens with zero attached hydrogens (tertiary/aromatic N) is 3. The number of carbonyl (C=O) groups is 1. The molecule has 3 fully saturated rings. The molecule has 6 heteroatoms. The summed E-state index contributed by atoms with van der Waals surface area (Å²) >= 11 is 0. The third-order valence-electron chi connectivity index (χ3n) is 7.70. The normalized spacial score (nSPS) is 25.2. The first-order valence-corrected chi connectivity index (χ1v) is 12.0. The molecule has 1 aromatic carbocycles. The topological polar surface area (TPSA) is 45.2 Å². The summed E-state index contributed by atoms with van der Waals surface area (Å²) in [6.07, 6.45) is 6.67. The van der Waals surface area contributed by atoms with Crippen molar-refractivity contribution in [3.8, 4) is 11.5 Å². The van der Waals surface area contributed by atoms with Gasteiger partial charge in [-0.3, -0.25) is 14.6 Å². The van der Waals surface area contributed by atoms with E-state index >= 15 is 0 Å². The minimum atomic E-state index is 0.341. The van der Waals surface area contributed by atoms with Crippen molar-refractivity contribution < 1.29 is 14.3 Å². The number of carbonyl (C=O) groups excluding carboxylic acids is 1. The molecular weight excluding hydrogens is 390 g/mol. The van der Waals surface area contributed by atoms with Crippen molar-refractivity contribution in [2.24, 2.45) is 11.8 Å². The smallest absolute Gasteiger partial charge is 0.236 e. The van der Waals surface area contributed by atoms with Crippen molar-refractivity contribution in [2.45, 2.75) is 45.6 Å². The molecule has 1 amide bonds. The minimum Gasteiger partial charge on any atom is -0.493 e. The first-order chi connectivity index (χ1) is 15.1. The number of fused-ring (bicyclic) bond motifs is 1. The number of amides is 1. The van der Waals surface area contributed by atoms with E-state index < -0.39 is 0 Å². The van der Waals surface area contributed by atoms with Crippen LogP contribution in [0.1, 0.15) is 43.2 Å². The summed E-state index contributed by atoms with van der Waals surface area (Å²) in [6.45, 7) is 9.49. The molecule has 0 bridgehead atoms. The van der Waals surface area contributed by atoms with Gasteiger partial charge >= 0.3 is 0 Å². The first kappa shape index (κ1) is 22.4. The van der Waals surface area contributed by atoms with Crippen molar-refractivity contribution in [1.29, 1.82) is 0 Å². The zero-order chi connectivity index (χ0) is 21.8. The third kappa shape index (κ3) is 5.35. The van der Waals surface area contributed by atoms with Gasteiger partial charge in [0.2, 0.25) is 5.91 Å². The molecule has 0 unspecified atom stereocenters. The van der Waals surface area contributed by atoms with Crippen LogP contribution in [0.4, 0.5) is 0 Å². The van der Waals surface area contributed by atoms with Gasteiger partial charge in [0.1, 0.15) is 0 Å². The number of aryl methyl sites for hydroxylation is 1. The highest BCUT2D eigenvalue weighted by atomic mass is 16.5. The first-order valence-electron chi connectivity index (χ1n) is 12.0. The van der Waals surface area contributed by atoms with Crippen molar-refractivity contribution in [2.75, 3.05) is 60.0 Å². The van der Waals surface area contributed by atoms with Crippen LogP contribution in [0.3, 0.4) is 0 Å². The van der Waals surface area contributed by atoms with Gasteiger partial charge in [0, 0.05) is 45.8 Å². The lowest BCUT2D eigenvalue weighted by Crippen LogP contribution is -2.52. The average molecular weight is 430 g/mol. The molecule has 0 radical (unpaired) electrons. The number of ether oxygens (including phenoxy) is 2. The third-order valence-corrected chi connectivity index (χ3v) is 7.70. The Balaban J connectivity index is 1.25. The van der Waals surface area contributed by atoms with Gasteiger partial charge in [0.25, 0.3) is 0 Å². The number of hydrogen-bond donors (Lipinski definition) is 0. The lowest BCUT2D eigenvalue weighted by molar-refractivity contribution is -0.136. The Bertz CT molecular complexity index is 761. The van der Waals surface area contributed by atoms with Crippen LogP contribution in [-0.4, -0.2) is 80.6 Å². The van der Waals surface area contributed by atoms with E-state index in [9.17, 15) is 4.79 Å². The summed E-state index contributed by atoms with van der Waals surface area (Å²) in [5.41, 5.74) is 2.50. The van der Waals surface area contributed by atoms with Crippen LogP contribution in [0.5, 0.6) is 11.5 Å². The van der Waals surface area contributed by atoms with Gasteiger partial charge in [-0.05, 0) is 54.9 Å². The Labute approximate surface area is 187 Å². The van der Waals surface area contributed by atoms with E-state index in [-0.39, 0.29) is 0 Å². The van der Waals surface area contributed by atoms with Gasteiger partial charge in [-0.15, -0.1) is 0 Å². The van der Waals surface area contributed by atoms with E-state index in [1.54, 1.807) is 14.2 Å². The molecule has 1 saturated carbocycles. The maximum Gasteiger partial charge on any atom is 0.236 e. The van der Waals surface area contributed by atoms with Gasteiger partial charge in [-0.1, -0.05) is 19.3 Å². The molecule has 2 heterocycles. The molecule has 6 nitrogen and oxygen atoms in total. The number of rotatable bonds is 6. The number of methoxy groups -OCH3 is 2. The molecule has 0 spiro atoms. The Morgan fingerprint density at radius 2 is 1.55 bits per heavy atom. The minimum absolute atomic E-state index is 0.341. The zero-order valence-corrected chi connectivity index (χ0v) is 19.6. The summed E-state index contributed by atoms with van der Waals surface area (Å²) in [4.78, 5) is 19.9. The summed E-state index contributed by atoms with van der Waals surface area (Å²) in [6, 6.07) is 4.15. The molecule has 2 atom stereocenters. The molecular formula is C25H39N3O3. The number of piperidine rings is 1. The van der Waals surface area contributed by atoms with Gasteiger partial charge < -0.3 is 14.4 Å². The molecule has 3 aliphatic rings. The number of likely N-dealkylation sites (tertiary alicyclic amines) is 1. The van der Waals surface area contributed by atoms with Crippen LogP contribution in [-0.2, 0) is 11.3 Å². The quantitative estimate of drug-likeness (QED) is 0.695. The molecule has 31 heavy (non-hydrogen) atoms. The lowest BCUT2D eigenvalue weighted by Gasteiger charge is -2.42. The summed E-state index contributed by atoms with van der Waals surface area (Å²) in [5.74, 6) is 3.54. The molecule has 172 valence electrons. The Morgan fingerprint density at radius 1 is 0.903 bits per heavy atom. The molecule has 2 aliphatic heterocycles. The maximum atomic E-state index is 12.9. The second-order valence-corrected chi connectivity index (χ2v) is 9.62. The van der Waals surface area contributed by atoms with Crippen molar-refractivity contribution in [3.63, 3.8) is 0 Å². The molecule has 1 aromatic rings. The summed E-state index contributed by atoms with van der Waals surface area (Å²) < 4.78 is 10.9. The molecule has 2 saturated heterocycles. The predicted octanol–water partition coefficient (Wildman–Crippen LogP) is 3.17. The summed E-state index contributed by atoms with van der Waals surface area (Å²) in [7, 11) is 3.36. The predicted molar refractivity (Wildman–Crippen MR) is 123 cm³/mol. The van der Waals surface area contributed by atoms with E-state index in [1.807, 2.05) is 0 Å². The largest absolute Gasteiger partial charge is 0.493 e. The number of hydrogen-bond acceptors (Lipinski definition) is 5. The van der Waals surface area contributed by atoms with Crippen LogP contribution < -0.4 is 9.47 Å². The van der Waals surface area contributed by atoms with Crippen molar-refractivity contribution >= 4 is 5.91 Å².